The van der Waals surface area contributed by atoms with Gasteiger partial charge in [-0.15, -0.1) is 0 Å². The van der Waals surface area contributed by atoms with E-state index in [0.29, 0.717) is 19.4 Å². The Kier molecular flexibility index (Phi) is 8.62. The summed E-state index contributed by atoms with van der Waals surface area (Å²) in [7, 11) is 0. The lowest BCUT2D eigenvalue weighted by Crippen LogP contribution is -2.61. The Morgan fingerprint density at radius 1 is 1.15 bits per heavy atom. The fraction of sp³-hybridized carbons (Fsp3) is 0.500. The minimum Gasteiger partial charge on any atom is -0.383 e. The first-order chi connectivity index (χ1) is 16.1. The minimum atomic E-state index is -1.19. The van der Waals surface area contributed by atoms with E-state index in [0.717, 1.165) is 21.1 Å². The van der Waals surface area contributed by atoms with Gasteiger partial charge in [0.15, 0.2) is 0 Å². The fourth-order valence-corrected chi connectivity index (χ4v) is 4.12. The molecule has 0 aliphatic carbocycles. The third-order valence-electron chi connectivity index (χ3n) is 5.88. The number of amides is 3. The highest BCUT2D eigenvalue weighted by molar-refractivity contribution is 9.10. The van der Waals surface area contributed by atoms with Gasteiger partial charge in [-0.3, -0.25) is 24.4 Å². The average Bonchev–Trinajstić information content (AvgIpc) is 2.82. The van der Waals surface area contributed by atoms with E-state index >= 15 is 0 Å². The Balaban J connectivity index is 1.59. The molecule has 0 bridgehead atoms. The first-order valence-corrected chi connectivity index (χ1v) is 12.3. The van der Waals surface area contributed by atoms with Gasteiger partial charge in [-0.2, -0.15) is 0 Å². The second-order valence-corrected chi connectivity index (χ2v) is 9.95. The van der Waals surface area contributed by atoms with Gasteiger partial charge in [0.05, 0.1) is 17.3 Å². The molecule has 184 valence electrons. The lowest BCUT2D eigenvalue weighted by Gasteiger charge is -2.35. The highest BCUT2D eigenvalue weighted by Crippen LogP contribution is 2.21. The largest absolute Gasteiger partial charge is 0.383 e. The van der Waals surface area contributed by atoms with Crippen LogP contribution in [0.3, 0.4) is 0 Å². The number of carbonyl (C=O) groups excluding carboxylic acids is 3. The Bertz CT molecular complexity index is 1060. The number of carbonyl (C=O) groups is 3. The zero-order chi connectivity index (χ0) is 25.0. The number of halogens is 1. The van der Waals surface area contributed by atoms with Gasteiger partial charge in [0.1, 0.15) is 18.2 Å². The summed E-state index contributed by atoms with van der Waals surface area (Å²) in [5.74, 6) is -1.44. The predicted molar refractivity (Wildman–Crippen MR) is 132 cm³/mol. The standard InChI is InChI=1S/C24H32BrN5O4/c1-13(2)21(31)23(33)27-15(4)24(34)30-11-5-6-19(29-30)22(32)26-14(3)18-10-8-16-7-9-17(25)12-20(16)28-18/h7-10,12-15,19,21,29,31H,5-6,11H2,1-4H3,(H,26,32)(H,27,33)/t14-,15+,19+,21?/m1/s1. The first-order valence-electron chi connectivity index (χ1n) is 11.5. The number of fused-ring (bicyclic) bond motifs is 1. The normalized spacial score (nSPS) is 18.9. The summed E-state index contributed by atoms with van der Waals surface area (Å²) in [6.45, 7) is 7.29. The summed E-state index contributed by atoms with van der Waals surface area (Å²) in [4.78, 5) is 42.5. The molecular formula is C24H32BrN5O4. The number of nitrogens with zero attached hydrogens (tertiary/aromatic N) is 2. The summed E-state index contributed by atoms with van der Waals surface area (Å²) in [5, 5.41) is 17.8. The number of aliphatic hydroxyl groups is 1. The molecule has 0 spiro atoms. The van der Waals surface area contributed by atoms with E-state index in [1.807, 2.05) is 37.3 Å². The maximum Gasteiger partial charge on any atom is 0.258 e. The van der Waals surface area contributed by atoms with Crippen LogP contribution >= 0.6 is 15.9 Å². The van der Waals surface area contributed by atoms with Gasteiger partial charge in [0.2, 0.25) is 11.8 Å². The molecule has 1 aliphatic rings. The Labute approximate surface area is 207 Å². The smallest absolute Gasteiger partial charge is 0.258 e. The van der Waals surface area contributed by atoms with Crippen LogP contribution in [-0.2, 0) is 14.4 Å². The molecule has 34 heavy (non-hydrogen) atoms. The van der Waals surface area contributed by atoms with E-state index in [2.05, 4.69) is 37.0 Å². The molecule has 0 radical (unpaired) electrons. The molecule has 1 fully saturated rings. The summed E-state index contributed by atoms with van der Waals surface area (Å²) >= 11 is 3.45. The molecule has 4 atom stereocenters. The molecule has 10 heteroatoms. The van der Waals surface area contributed by atoms with Crippen molar-refractivity contribution in [3.8, 4) is 0 Å². The topological polar surface area (TPSA) is 124 Å². The van der Waals surface area contributed by atoms with Gasteiger partial charge in [0.25, 0.3) is 5.91 Å². The molecule has 9 nitrogen and oxygen atoms in total. The van der Waals surface area contributed by atoms with Crippen LogP contribution in [-0.4, -0.2) is 57.6 Å². The van der Waals surface area contributed by atoms with Gasteiger partial charge >= 0.3 is 0 Å². The van der Waals surface area contributed by atoms with Crippen molar-refractivity contribution in [2.24, 2.45) is 5.92 Å². The molecule has 1 aromatic heterocycles. The van der Waals surface area contributed by atoms with Crippen LogP contribution in [0.4, 0.5) is 0 Å². The van der Waals surface area contributed by atoms with Crippen molar-refractivity contribution in [3.63, 3.8) is 0 Å². The molecule has 4 N–H and O–H groups in total. The number of hydrogen-bond donors (Lipinski definition) is 4. The second kappa shape index (κ2) is 11.2. The van der Waals surface area contributed by atoms with Crippen LogP contribution in [0.2, 0.25) is 0 Å². The number of hydrogen-bond acceptors (Lipinski definition) is 6. The van der Waals surface area contributed by atoms with E-state index in [4.69, 9.17) is 0 Å². The third kappa shape index (κ3) is 6.31. The molecule has 0 saturated carbocycles. The summed E-state index contributed by atoms with van der Waals surface area (Å²) in [6.07, 6.45) is 0.0325. The molecule has 1 aromatic carbocycles. The number of rotatable bonds is 7. The quantitative estimate of drug-likeness (QED) is 0.432. The minimum absolute atomic E-state index is 0.229. The summed E-state index contributed by atoms with van der Waals surface area (Å²) < 4.78 is 0.932. The number of nitrogens with one attached hydrogen (secondary N) is 3. The van der Waals surface area contributed by atoms with E-state index < -0.39 is 24.1 Å². The molecule has 1 unspecified atom stereocenters. The van der Waals surface area contributed by atoms with Crippen LogP contribution in [0.5, 0.6) is 0 Å². The van der Waals surface area contributed by atoms with E-state index in [9.17, 15) is 19.5 Å². The summed E-state index contributed by atoms with van der Waals surface area (Å²) in [6, 6.07) is 7.98. The van der Waals surface area contributed by atoms with Crippen molar-refractivity contribution < 1.29 is 19.5 Å². The Morgan fingerprint density at radius 3 is 2.56 bits per heavy atom. The van der Waals surface area contributed by atoms with Gasteiger partial charge in [0, 0.05) is 16.4 Å². The summed E-state index contributed by atoms with van der Waals surface area (Å²) in [5.41, 5.74) is 4.56. The molecule has 2 aromatic rings. The molecule has 2 heterocycles. The molecule has 1 aliphatic heterocycles. The number of aliphatic hydroxyl groups excluding tert-OH is 1. The van der Waals surface area contributed by atoms with Crippen molar-refractivity contribution >= 4 is 44.6 Å². The Hall–Kier alpha value is -2.56. The number of aromatic nitrogens is 1. The van der Waals surface area contributed by atoms with Crippen LogP contribution in [0.1, 0.15) is 52.3 Å². The van der Waals surface area contributed by atoms with Crippen molar-refractivity contribution in [2.45, 2.75) is 64.8 Å². The Morgan fingerprint density at radius 2 is 1.85 bits per heavy atom. The van der Waals surface area contributed by atoms with Gasteiger partial charge < -0.3 is 15.7 Å². The lowest BCUT2D eigenvalue weighted by atomic mass is 10.1. The highest BCUT2D eigenvalue weighted by atomic mass is 79.9. The van der Waals surface area contributed by atoms with Crippen LogP contribution in [0.25, 0.3) is 10.9 Å². The van der Waals surface area contributed by atoms with Gasteiger partial charge in [-0.25, -0.2) is 5.43 Å². The highest BCUT2D eigenvalue weighted by Gasteiger charge is 2.32. The molecule has 3 rings (SSSR count). The molecular weight excluding hydrogens is 502 g/mol. The van der Waals surface area contributed by atoms with E-state index in [1.54, 1.807) is 20.8 Å². The molecule has 1 saturated heterocycles. The average molecular weight is 534 g/mol. The first kappa shape index (κ1) is 26.1. The van der Waals surface area contributed by atoms with Crippen LogP contribution in [0, 0.1) is 5.92 Å². The van der Waals surface area contributed by atoms with Crippen molar-refractivity contribution in [3.05, 3.63) is 40.5 Å². The van der Waals surface area contributed by atoms with Gasteiger partial charge in [-0.1, -0.05) is 41.9 Å². The zero-order valence-electron chi connectivity index (χ0n) is 19.8. The third-order valence-corrected chi connectivity index (χ3v) is 6.37. The lowest BCUT2D eigenvalue weighted by molar-refractivity contribution is -0.144. The predicted octanol–water partition coefficient (Wildman–Crippen LogP) is 2.19. The van der Waals surface area contributed by atoms with Gasteiger partial charge in [-0.05, 0) is 50.8 Å². The van der Waals surface area contributed by atoms with Crippen LogP contribution in [0.15, 0.2) is 34.8 Å². The zero-order valence-corrected chi connectivity index (χ0v) is 21.4. The van der Waals surface area contributed by atoms with Crippen molar-refractivity contribution in [2.75, 3.05) is 6.54 Å². The maximum absolute atomic E-state index is 12.9. The SMILES string of the molecule is CC(C)C(O)C(=O)N[C@@H](C)C(=O)N1CCC[C@@H](C(=O)N[C@H](C)c2ccc3ccc(Br)cc3n2)N1. The number of pyridine rings is 1. The molecule has 3 amide bonds. The number of benzene rings is 1. The maximum atomic E-state index is 12.9. The van der Waals surface area contributed by atoms with Crippen LogP contribution < -0.4 is 16.1 Å². The van der Waals surface area contributed by atoms with Crippen molar-refractivity contribution in [1.82, 2.24) is 26.1 Å². The monoisotopic (exact) mass is 533 g/mol. The number of hydrazine groups is 1. The van der Waals surface area contributed by atoms with E-state index in [-0.39, 0.29) is 23.8 Å². The second-order valence-electron chi connectivity index (χ2n) is 9.04. The van der Waals surface area contributed by atoms with E-state index in [1.165, 1.54) is 5.01 Å². The fourth-order valence-electron chi connectivity index (χ4n) is 3.77. The van der Waals surface area contributed by atoms with Crippen molar-refractivity contribution in [1.29, 1.82) is 0 Å².